The van der Waals surface area contributed by atoms with E-state index in [1.807, 2.05) is 31.4 Å². The van der Waals surface area contributed by atoms with Gasteiger partial charge >= 0.3 is 5.97 Å². The minimum atomic E-state index is -0.790. The molecule has 0 bridgehead atoms. The number of hydrogen-bond acceptors (Lipinski definition) is 6. The van der Waals surface area contributed by atoms with E-state index >= 15 is 0 Å². The third-order valence-electron chi connectivity index (χ3n) is 5.80. The molecule has 0 aliphatic heterocycles. The molecule has 174 valence electrons. The predicted octanol–water partition coefficient (Wildman–Crippen LogP) is 5.12. The van der Waals surface area contributed by atoms with Crippen molar-refractivity contribution in [3.8, 4) is 11.1 Å². The molecule has 2 aromatic carbocycles. The summed E-state index contributed by atoms with van der Waals surface area (Å²) in [4.78, 5) is 43.2. The summed E-state index contributed by atoms with van der Waals surface area (Å²) in [5, 5.41) is 5.23. The Hall–Kier alpha value is -3.78. The Morgan fingerprint density at radius 3 is 2.53 bits per heavy atom. The SMILES string of the molecule is CCOC(=O)c1ccc(NC(=O)C(C)n2cnc3scc(-c4ccc(C)c(C)c4)c3c2=O)cc1. The molecule has 0 aliphatic carbocycles. The van der Waals surface area contributed by atoms with Crippen molar-refractivity contribution in [3.05, 3.63) is 81.2 Å². The van der Waals surface area contributed by atoms with Gasteiger partial charge in [-0.25, -0.2) is 9.78 Å². The van der Waals surface area contributed by atoms with Gasteiger partial charge in [-0.05, 0) is 68.7 Å². The van der Waals surface area contributed by atoms with Crippen LogP contribution < -0.4 is 10.9 Å². The second kappa shape index (κ2) is 9.61. The maximum Gasteiger partial charge on any atom is 0.338 e. The Morgan fingerprint density at radius 2 is 1.85 bits per heavy atom. The van der Waals surface area contributed by atoms with Crippen LogP contribution >= 0.6 is 11.3 Å². The van der Waals surface area contributed by atoms with Crippen LogP contribution in [0.2, 0.25) is 0 Å². The number of carbonyl (C=O) groups excluding carboxylic acids is 2. The van der Waals surface area contributed by atoms with Crippen molar-refractivity contribution < 1.29 is 14.3 Å². The largest absolute Gasteiger partial charge is 0.462 e. The zero-order chi connectivity index (χ0) is 24.4. The third-order valence-corrected chi connectivity index (χ3v) is 6.68. The van der Waals surface area contributed by atoms with E-state index < -0.39 is 12.0 Å². The molecule has 0 spiro atoms. The first-order valence-corrected chi connectivity index (χ1v) is 11.8. The molecule has 8 heteroatoms. The van der Waals surface area contributed by atoms with Gasteiger partial charge in [-0.2, -0.15) is 0 Å². The number of nitrogens with one attached hydrogen (secondary N) is 1. The molecule has 4 rings (SSSR count). The predicted molar refractivity (Wildman–Crippen MR) is 135 cm³/mol. The maximum absolute atomic E-state index is 13.4. The molecule has 2 heterocycles. The quantitative estimate of drug-likeness (QED) is 0.391. The number of nitrogens with zero attached hydrogens (tertiary/aromatic N) is 2. The number of carbonyl (C=O) groups is 2. The summed E-state index contributed by atoms with van der Waals surface area (Å²) < 4.78 is 6.32. The Labute approximate surface area is 201 Å². The van der Waals surface area contributed by atoms with Crippen molar-refractivity contribution in [2.75, 3.05) is 11.9 Å². The highest BCUT2D eigenvalue weighted by atomic mass is 32.1. The van der Waals surface area contributed by atoms with Gasteiger partial charge in [-0.15, -0.1) is 11.3 Å². The number of hydrogen-bond donors (Lipinski definition) is 1. The Kier molecular flexibility index (Phi) is 6.61. The van der Waals surface area contributed by atoms with Gasteiger partial charge in [0.15, 0.2) is 0 Å². The zero-order valence-electron chi connectivity index (χ0n) is 19.4. The topological polar surface area (TPSA) is 90.3 Å². The van der Waals surface area contributed by atoms with Crippen LogP contribution in [0.1, 0.15) is 41.4 Å². The lowest BCUT2D eigenvalue weighted by molar-refractivity contribution is -0.118. The molecule has 0 radical (unpaired) electrons. The average Bonchev–Trinajstić information content (AvgIpc) is 3.26. The van der Waals surface area contributed by atoms with Gasteiger partial charge in [0.1, 0.15) is 10.9 Å². The van der Waals surface area contributed by atoms with Crippen LogP contribution in [0.15, 0.2) is 59.0 Å². The highest BCUT2D eigenvalue weighted by Crippen LogP contribution is 2.32. The lowest BCUT2D eigenvalue weighted by Crippen LogP contribution is -2.31. The maximum atomic E-state index is 13.4. The van der Waals surface area contributed by atoms with E-state index in [0.29, 0.717) is 21.5 Å². The van der Waals surface area contributed by atoms with Crippen molar-refractivity contribution in [2.45, 2.75) is 33.7 Å². The summed E-state index contributed by atoms with van der Waals surface area (Å²) in [5.74, 6) is -0.787. The van der Waals surface area contributed by atoms with E-state index in [4.69, 9.17) is 4.74 Å². The fourth-order valence-corrected chi connectivity index (χ4v) is 4.53. The average molecular weight is 476 g/mol. The molecule has 0 aliphatic rings. The minimum Gasteiger partial charge on any atom is -0.462 e. The first kappa shape index (κ1) is 23.4. The summed E-state index contributed by atoms with van der Waals surface area (Å²) in [6, 6.07) is 11.7. The van der Waals surface area contributed by atoms with Crippen LogP contribution in [0.3, 0.4) is 0 Å². The van der Waals surface area contributed by atoms with E-state index in [2.05, 4.69) is 16.4 Å². The first-order chi connectivity index (χ1) is 16.3. The summed E-state index contributed by atoms with van der Waals surface area (Å²) in [5.41, 5.74) is 4.73. The molecule has 1 amide bonds. The number of benzene rings is 2. The van der Waals surface area contributed by atoms with Crippen molar-refractivity contribution in [2.24, 2.45) is 0 Å². The van der Waals surface area contributed by atoms with Crippen molar-refractivity contribution >= 4 is 39.1 Å². The van der Waals surface area contributed by atoms with Gasteiger partial charge in [-0.3, -0.25) is 14.2 Å². The molecule has 1 atom stereocenters. The van der Waals surface area contributed by atoms with E-state index in [9.17, 15) is 14.4 Å². The minimum absolute atomic E-state index is 0.264. The highest BCUT2D eigenvalue weighted by molar-refractivity contribution is 7.17. The van der Waals surface area contributed by atoms with Gasteiger partial charge in [0.25, 0.3) is 5.56 Å². The summed E-state index contributed by atoms with van der Waals surface area (Å²) in [6.07, 6.45) is 1.42. The molecule has 2 aromatic heterocycles. The lowest BCUT2D eigenvalue weighted by atomic mass is 10.0. The molecule has 0 saturated carbocycles. The standard InChI is InChI=1S/C26H25N3O4S/c1-5-33-26(32)18-8-10-20(11-9-18)28-23(30)17(4)29-14-27-24-22(25(29)31)21(13-34-24)19-7-6-15(2)16(3)12-19/h6-14,17H,5H2,1-4H3,(H,28,30). The zero-order valence-corrected chi connectivity index (χ0v) is 20.2. The van der Waals surface area contributed by atoms with Crippen LogP contribution in [0.5, 0.6) is 0 Å². The van der Waals surface area contributed by atoms with E-state index in [1.54, 1.807) is 38.1 Å². The summed E-state index contributed by atoms with van der Waals surface area (Å²) in [6.45, 7) is 7.76. The van der Waals surface area contributed by atoms with E-state index in [0.717, 1.165) is 16.7 Å². The van der Waals surface area contributed by atoms with Crippen molar-refractivity contribution in [1.82, 2.24) is 9.55 Å². The molecule has 4 aromatic rings. The van der Waals surface area contributed by atoms with Gasteiger partial charge in [0.2, 0.25) is 5.91 Å². The fourth-order valence-electron chi connectivity index (χ4n) is 3.62. The number of amides is 1. The molecular formula is C26H25N3O4S. The molecule has 34 heavy (non-hydrogen) atoms. The van der Waals surface area contributed by atoms with Gasteiger partial charge in [0, 0.05) is 16.6 Å². The van der Waals surface area contributed by atoms with Crippen molar-refractivity contribution in [1.29, 1.82) is 0 Å². The Balaban J connectivity index is 1.61. The summed E-state index contributed by atoms with van der Waals surface area (Å²) in [7, 11) is 0. The number of aryl methyl sites for hydroxylation is 2. The monoisotopic (exact) mass is 475 g/mol. The van der Waals surface area contributed by atoms with E-state index in [-0.39, 0.29) is 18.1 Å². The summed E-state index contributed by atoms with van der Waals surface area (Å²) >= 11 is 1.41. The molecule has 0 fully saturated rings. The van der Waals surface area contributed by atoms with Gasteiger partial charge in [0.05, 0.1) is 23.9 Å². The Morgan fingerprint density at radius 1 is 1.12 bits per heavy atom. The van der Waals surface area contributed by atoms with E-state index in [1.165, 1.54) is 27.8 Å². The number of aromatic nitrogens is 2. The van der Waals surface area contributed by atoms with Crippen LogP contribution in [-0.4, -0.2) is 28.0 Å². The van der Waals surface area contributed by atoms with Crippen LogP contribution in [0.4, 0.5) is 5.69 Å². The molecular weight excluding hydrogens is 450 g/mol. The number of ether oxygens (including phenoxy) is 1. The number of anilines is 1. The van der Waals surface area contributed by atoms with Crippen LogP contribution in [0.25, 0.3) is 21.3 Å². The number of thiophene rings is 1. The Bertz CT molecular complexity index is 1440. The number of fused-ring (bicyclic) bond motifs is 1. The van der Waals surface area contributed by atoms with Crippen molar-refractivity contribution in [3.63, 3.8) is 0 Å². The molecule has 0 saturated heterocycles. The highest BCUT2D eigenvalue weighted by Gasteiger charge is 2.21. The smallest absolute Gasteiger partial charge is 0.338 e. The molecule has 1 N–H and O–H groups in total. The lowest BCUT2D eigenvalue weighted by Gasteiger charge is -2.15. The molecule has 7 nitrogen and oxygen atoms in total. The molecule has 1 unspecified atom stereocenters. The van der Waals surface area contributed by atoms with Gasteiger partial charge < -0.3 is 10.1 Å². The first-order valence-electron chi connectivity index (χ1n) is 10.9. The number of esters is 1. The second-order valence-electron chi connectivity index (χ2n) is 8.05. The third kappa shape index (κ3) is 4.49. The fraction of sp³-hybridized carbons (Fsp3) is 0.231. The number of rotatable bonds is 6. The second-order valence-corrected chi connectivity index (χ2v) is 8.91. The van der Waals surface area contributed by atoms with Gasteiger partial charge in [-0.1, -0.05) is 18.2 Å². The van der Waals surface area contributed by atoms with Crippen LogP contribution in [-0.2, 0) is 9.53 Å². The normalized spacial score (nSPS) is 11.9. The van der Waals surface area contributed by atoms with Crippen LogP contribution in [0, 0.1) is 13.8 Å².